The number of amides is 1. The zero-order valence-electron chi connectivity index (χ0n) is 11.7. The molecule has 18 heavy (non-hydrogen) atoms. The van der Waals surface area contributed by atoms with Gasteiger partial charge in [-0.1, -0.05) is 13.8 Å². The maximum absolute atomic E-state index is 12.0. The van der Waals surface area contributed by atoms with E-state index in [4.69, 9.17) is 0 Å². The molecule has 2 atom stereocenters. The Morgan fingerprint density at radius 1 is 1.28 bits per heavy atom. The summed E-state index contributed by atoms with van der Waals surface area (Å²) in [6, 6.07) is 0. The van der Waals surface area contributed by atoms with Crippen LogP contribution in [0.15, 0.2) is 0 Å². The molecule has 2 rings (SSSR count). The molecule has 2 fully saturated rings. The molecule has 0 aromatic carbocycles. The topological polar surface area (TPSA) is 44.4 Å². The van der Waals surface area contributed by atoms with Gasteiger partial charge in [-0.15, -0.1) is 0 Å². The van der Waals surface area contributed by atoms with E-state index in [1.807, 2.05) is 0 Å². The van der Waals surface area contributed by atoms with Crippen molar-refractivity contribution in [2.45, 2.75) is 26.7 Å². The lowest BCUT2D eigenvalue weighted by molar-refractivity contribution is -0.125. The van der Waals surface area contributed by atoms with Crippen LogP contribution in [0, 0.1) is 17.8 Å². The molecule has 2 heterocycles. The van der Waals surface area contributed by atoms with Gasteiger partial charge in [-0.2, -0.15) is 0 Å². The monoisotopic (exact) mass is 253 g/mol. The van der Waals surface area contributed by atoms with Crippen LogP contribution >= 0.6 is 0 Å². The van der Waals surface area contributed by atoms with Gasteiger partial charge in [-0.05, 0) is 44.3 Å². The molecule has 4 heteroatoms. The summed E-state index contributed by atoms with van der Waals surface area (Å²) in [5.41, 5.74) is 0. The van der Waals surface area contributed by atoms with E-state index in [9.17, 15) is 4.79 Å². The van der Waals surface area contributed by atoms with E-state index in [-0.39, 0.29) is 11.8 Å². The number of nitrogens with zero attached hydrogens (tertiary/aromatic N) is 1. The van der Waals surface area contributed by atoms with E-state index in [2.05, 4.69) is 29.4 Å². The fourth-order valence-electron chi connectivity index (χ4n) is 2.92. The Bertz CT molecular complexity index is 274. The van der Waals surface area contributed by atoms with Gasteiger partial charge in [0, 0.05) is 19.6 Å². The highest BCUT2D eigenvalue weighted by molar-refractivity contribution is 5.79. The van der Waals surface area contributed by atoms with Gasteiger partial charge in [0.2, 0.25) is 5.91 Å². The summed E-state index contributed by atoms with van der Waals surface area (Å²) >= 11 is 0. The Hall–Kier alpha value is -0.610. The fraction of sp³-hybridized carbons (Fsp3) is 0.929. The van der Waals surface area contributed by atoms with Gasteiger partial charge in [0.05, 0.1) is 5.92 Å². The number of hydrogen-bond donors (Lipinski definition) is 2. The van der Waals surface area contributed by atoms with Crippen molar-refractivity contribution in [1.29, 1.82) is 0 Å². The molecule has 104 valence electrons. The van der Waals surface area contributed by atoms with Gasteiger partial charge in [0.15, 0.2) is 0 Å². The number of hydrogen-bond acceptors (Lipinski definition) is 3. The first-order chi connectivity index (χ1) is 8.66. The van der Waals surface area contributed by atoms with Crippen LogP contribution in [0.5, 0.6) is 0 Å². The molecule has 0 saturated carbocycles. The van der Waals surface area contributed by atoms with Crippen LogP contribution in [0.4, 0.5) is 0 Å². The van der Waals surface area contributed by atoms with Gasteiger partial charge in [-0.25, -0.2) is 0 Å². The normalized spacial score (nSPS) is 30.6. The van der Waals surface area contributed by atoms with Gasteiger partial charge >= 0.3 is 0 Å². The van der Waals surface area contributed by atoms with Gasteiger partial charge in [-0.3, -0.25) is 4.79 Å². The summed E-state index contributed by atoms with van der Waals surface area (Å²) in [7, 11) is 0. The van der Waals surface area contributed by atoms with Gasteiger partial charge in [0.25, 0.3) is 0 Å². The Morgan fingerprint density at radius 2 is 2.00 bits per heavy atom. The third-order valence-corrected chi connectivity index (χ3v) is 4.46. The third-order valence-electron chi connectivity index (χ3n) is 4.46. The second kappa shape index (κ2) is 6.53. The molecule has 2 aliphatic heterocycles. The standard InChI is InChI=1S/C14H27N3O/c1-11-3-6-17(7-4-11)8-5-16-14(18)13-10-15-9-12(13)2/h11-13,15H,3-10H2,1-2H3,(H,16,18). The maximum atomic E-state index is 12.0. The minimum atomic E-state index is 0.173. The van der Waals surface area contributed by atoms with Gasteiger partial charge in [0.1, 0.15) is 0 Å². The molecular formula is C14H27N3O. The molecule has 2 saturated heterocycles. The lowest BCUT2D eigenvalue weighted by Gasteiger charge is -2.30. The first-order valence-corrected chi connectivity index (χ1v) is 7.37. The quantitative estimate of drug-likeness (QED) is 0.775. The lowest BCUT2D eigenvalue weighted by atomic mass is 9.97. The van der Waals surface area contributed by atoms with Crippen molar-refractivity contribution in [2.75, 3.05) is 39.3 Å². The van der Waals surface area contributed by atoms with E-state index in [1.54, 1.807) is 0 Å². The average Bonchev–Trinajstić information content (AvgIpc) is 2.78. The molecule has 0 bridgehead atoms. The van der Waals surface area contributed by atoms with Crippen LogP contribution in [0.1, 0.15) is 26.7 Å². The Balaban J connectivity index is 1.61. The van der Waals surface area contributed by atoms with E-state index in [1.165, 1.54) is 25.9 Å². The summed E-state index contributed by atoms with van der Waals surface area (Å²) in [4.78, 5) is 14.4. The van der Waals surface area contributed by atoms with E-state index >= 15 is 0 Å². The highest BCUT2D eigenvalue weighted by Gasteiger charge is 2.29. The van der Waals surface area contributed by atoms with Crippen molar-refractivity contribution in [3.05, 3.63) is 0 Å². The summed E-state index contributed by atoms with van der Waals surface area (Å²) in [6.07, 6.45) is 2.61. The summed E-state index contributed by atoms with van der Waals surface area (Å²) in [5.74, 6) is 1.76. The largest absolute Gasteiger partial charge is 0.355 e. The van der Waals surface area contributed by atoms with E-state index in [0.717, 1.165) is 32.1 Å². The molecule has 2 N–H and O–H groups in total. The Kier molecular flexibility index (Phi) is 5.01. The van der Waals surface area contributed by atoms with Crippen LogP contribution in [0.3, 0.4) is 0 Å². The summed E-state index contributed by atoms with van der Waals surface area (Å²) in [6.45, 7) is 10.5. The number of likely N-dealkylation sites (tertiary alicyclic amines) is 1. The molecule has 2 unspecified atom stereocenters. The predicted octanol–water partition coefficient (Wildman–Crippen LogP) is 0.690. The summed E-state index contributed by atoms with van der Waals surface area (Å²) in [5, 5.41) is 6.37. The number of carbonyl (C=O) groups excluding carboxylic acids is 1. The second-order valence-corrected chi connectivity index (χ2v) is 6.06. The number of rotatable bonds is 4. The van der Waals surface area contributed by atoms with Crippen LogP contribution < -0.4 is 10.6 Å². The molecule has 0 aromatic rings. The molecule has 2 aliphatic rings. The van der Waals surface area contributed by atoms with Crippen LogP contribution in [0.2, 0.25) is 0 Å². The first kappa shape index (κ1) is 13.8. The smallest absolute Gasteiger partial charge is 0.224 e. The fourth-order valence-corrected chi connectivity index (χ4v) is 2.92. The number of carbonyl (C=O) groups is 1. The van der Waals surface area contributed by atoms with Crippen molar-refractivity contribution < 1.29 is 4.79 Å². The van der Waals surface area contributed by atoms with Crippen molar-refractivity contribution in [3.63, 3.8) is 0 Å². The highest BCUT2D eigenvalue weighted by Crippen LogP contribution is 2.16. The van der Waals surface area contributed by atoms with Gasteiger partial charge < -0.3 is 15.5 Å². The third kappa shape index (κ3) is 3.69. The van der Waals surface area contributed by atoms with Crippen molar-refractivity contribution in [3.8, 4) is 0 Å². The van der Waals surface area contributed by atoms with E-state index < -0.39 is 0 Å². The molecular weight excluding hydrogens is 226 g/mol. The maximum Gasteiger partial charge on any atom is 0.224 e. The molecule has 0 spiro atoms. The SMILES string of the molecule is CC1CCN(CCNC(=O)C2CNCC2C)CC1. The Morgan fingerprint density at radius 3 is 2.61 bits per heavy atom. The minimum Gasteiger partial charge on any atom is -0.355 e. The van der Waals surface area contributed by atoms with Crippen molar-refractivity contribution in [2.24, 2.45) is 17.8 Å². The Labute approximate surface area is 110 Å². The number of nitrogens with one attached hydrogen (secondary N) is 2. The predicted molar refractivity (Wildman–Crippen MR) is 73.4 cm³/mol. The molecule has 0 aliphatic carbocycles. The molecule has 0 radical (unpaired) electrons. The van der Waals surface area contributed by atoms with Crippen LogP contribution in [-0.2, 0) is 4.79 Å². The molecule has 0 aromatic heterocycles. The lowest BCUT2D eigenvalue weighted by Crippen LogP contribution is -2.41. The van der Waals surface area contributed by atoms with Crippen molar-refractivity contribution >= 4 is 5.91 Å². The second-order valence-electron chi connectivity index (χ2n) is 6.06. The van der Waals surface area contributed by atoms with Crippen molar-refractivity contribution in [1.82, 2.24) is 15.5 Å². The highest BCUT2D eigenvalue weighted by atomic mass is 16.1. The molecule has 4 nitrogen and oxygen atoms in total. The zero-order chi connectivity index (χ0) is 13.0. The number of piperidine rings is 1. The summed E-state index contributed by atoms with van der Waals surface area (Å²) < 4.78 is 0. The average molecular weight is 253 g/mol. The van der Waals surface area contributed by atoms with Crippen LogP contribution in [-0.4, -0.2) is 50.1 Å². The zero-order valence-corrected chi connectivity index (χ0v) is 11.7. The first-order valence-electron chi connectivity index (χ1n) is 7.37. The van der Waals surface area contributed by atoms with E-state index in [0.29, 0.717) is 5.92 Å². The van der Waals surface area contributed by atoms with Crippen LogP contribution in [0.25, 0.3) is 0 Å². The minimum absolute atomic E-state index is 0.173. The molecule has 1 amide bonds.